The van der Waals surface area contributed by atoms with E-state index in [0.717, 1.165) is 17.0 Å². The molecule has 0 aliphatic heterocycles. The first kappa shape index (κ1) is 14.1. The van der Waals surface area contributed by atoms with Gasteiger partial charge in [-0.25, -0.2) is 14.8 Å². The molecular weight excluding hydrogens is 280 g/mol. The van der Waals surface area contributed by atoms with Crippen LogP contribution in [0.2, 0.25) is 0 Å². The van der Waals surface area contributed by atoms with Crippen molar-refractivity contribution in [2.75, 3.05) is 11.9 Å². The van der Waals surface area contributed by atoms with Gasteiger partial charge >= 0.3 is 5.97 Å². The molecule has 7 nitrogen and oxygen atoms in total. The molecule has 0 saturated carbocycles. The van der Waals surface area contributed by atoms with Crippen molar-refractivity contribution in [3.63, 3.8) is 0 Å². The molecule has 0 bridgehead atoms. The standard InChI is InChI=1S/C12H12N4O3S/c1-3-19-11(18)9-6-20-12(15-9)16-10(17)8-5-13-7(2)4-14-8/h4-6H,3H2,1-2H3,(H,15,16,17). The summed E-state index contributed by atoms with van der Waals surface area (Å²) in [5.74, 6) is -0.943. The van der Waals surface area contributed by atoms with Crippen LogP contribution in [0.25, 0.3) is 0 Å². The van der Waals surface area contributed by atoms with E-state index in [1.54, 1.807) is 13.8 Å². The third kappa shape index (κ3) is 3.35. The van der Waals surface area contributed by atoms with E-state index in [4.69, 9.17) is 4.74 Å². The Morgan fingerprint density at radius 3 is 2.75 bits per heavy atom. The van der Waals surface area contributed by atoms with Crippen LogP contribution in [-0.4, -0.2) is 33.4 Å². The molecule has 0 atom stereocenters. The van der Waals surface area contributed by atoms with Crippen molar-refractivity contribution in [2.45, 2.75) is 13.8 Å². The SMILES string of the molecule is CCOC(=O)c1csc(NC(=O)c2cnc(C)cn2)n1. The number of anilines is 1. The minimum atomic E-state index is -0.514. The molecule has 0 aliphatic rings. The van der Waals surface area contributed by atoms with Crippen molar-refractivity contribution < 1.29 is 14.3 Å². The molecule has 0 spiro atoms. The number of nitrogens with one attached hydrogen (secondary N) is 1. The van der Waals surface area contributed by atoms with Crippen LogP contribution < -0.4 is 5.32 Å². The van der Waals surface area contributed by atoms with Gasteiger partial charge in [0, 0.05) is 11.6 Å². The van der Waals surface area contributed by atoms with Gasteiger partial charge in [-0.15, -0.1) is 11.3 Å². The molecule has 104 valence electrons. The maximum Gasteiger partial charge on any atom is 0.357 e. The second-order valence-corrected chi connectivity index (χ2v) is 4.61. The van der Waals surface area contributed by atoms with Gasteiger partial charge in [0.25, 0.3) is 5.91 Å². The zero-order chi connectivity index (χ0) is 14.5. The zero-order valence-corrected chi connectivity index (χ0v) is 11.7. The molecule has 0 aliphatic carbocycles. The highest BCUT2D eigenvalue weighted by atomic mass is 32.1. The molecule has 2 aromatic rings. The first-order valence-corrected chi connectivity index (χ1v) is 6.70. The van der Waals surface area contributed by atoms with Gasteiger partial charge in [0.1, 0.15) is 5.69 Å². The molecule has 0 fully saturated rings. The van der Waals surface area contributed by atoms with Crippen LogP contribution in [0.15, 0.2) is 17.8 Å². The van der Waals surface area contributed by atoms with Crippen molar-refractivity contribution in [3.05, 3.63) is 34.9 Å². The molecular formula is C12H12N4O3S. The molecule has 2 rings (SSSR count). The Morgan fingerprint density at radius 2 is 2.10 bits per heavy atom. The number of carbonyl (C=O) groups excluding carboxylic acids is 2. The molecule has 1 amide bonds. The smallest absolute Gasteiger partial charge is 0.357 e. The predicted molar refractivity (Wildman–Crippen MR) is 72.8 cm³/mol. The van der Waals surface area contributed by atoms with E-state index in [1.165, 1.54) is 17.8 Å². The molecule has 1 N–H and O–H groups in total. The van der Waals surface area contributed by atoms with Gasteiger partial charge in [-0.2, -0.15) is 0 Å². The summed E-state index contributed by atoms with van der Waals surface area (Å²) in [5, 5.41) is 4.38. The molecule has 20 heavy (non-hydrogen) atoms. The number of thiazole rings is 1. The first-order chi connectivity index (χ1) is 9.60. The molecule has 2 aromatic heterocycles. The molecule has 0 aromatic carbocycles. The number of hydrogen-bond donors (Lipinski definition) is 1. The van der Waals surface area contributed by atoms with Crippen LogP contribution in [0.5, 0.6) is 0 Å². The van der Waals surface area contributed by atoms with E-state index >= 15 is 0 Å². The summed E-state index contributed by atoms with van der Waals surface area (Å²) < 4.78 is 4.81. The lowest BCUT2D eigenvalue weighted by molar-refractivity contribution is 0.0520. The lowest BCUT2D eigenvalue weighted by Crippen LogP contribution is -2.14. The molecule has 8 heteroatoms. The Balaban J connectivity index is 2.05. The van der Waals surface area contributed by atoms with Gasteiger partial charge in [0.05, 0.1) is 18.5 Å². The number of carbonyl (C=O) groups is 2. The number of rotatable bonds is 4. The van der Waals surface area contributed by atoms with Gasteiger partial charge in [0.2, 0.25) is 0 Å². The third-order valence-corrected chi connectivity index (χ3v) is 2.98. The van der Waals surface area contributed by atoms with E-state index < -0.39 is 11.9 Å². The van der Waals surface area contributed by atoms with Crippen molar-refractivity contribution in [1.82, 2.24) is 15.0 Å². The van der Waals surface area contributed by atoms with Gasteiger partial charge in [0.15, 0.2) is 10.8 Å². The number of aromatic nitrogens is 3. The summed E-state index contributed by atoms with van der Waals surface area (Å²) in [7, 11) is 0. The van der Waals surface area contributed by atoms with Crippen molar-refractivity contribution in [1.29, 1.82) is 0 Å². The van der Waals surface area contributed by atoms with Crippen LogP contribution in [0.3, 0.4) is 0 Å². The molecule has 0 unspecified atom stereocenters. The Morgan fingerprint density at radius 1 is 1.30 bits per heavy atom. The summed E-state index contributed by atoms with van der Waals surface area (Å²) in [4.78, 5) is 35.2. The van der Waals surface area contributed by atoms with Gasteiger partial charge in [-0.3, -0.25) is 15.1 Å². The number of esters is 1. The van der Waals surface area contributed by atoms with E-state index in [-0.39, 0.29) is 18.0 Å². The highest BCUT2D eigenvalue weighted by Crippen LogP contribution is 2.16. The Hall–Kier alpha value is -2.35. The lowest BCUT2D eigenvalue weighted by atomic mass is 10.4. The van der Waals surface area contributed by atoms with E-state index in [1.807, 2.05) is 0 Å². The van der Waals surface area contributed by atoms with E-state index in [0.29, 0.717) is 5.13 Å². The quantitative estimate of drug-likeness (QED) is 0.861. The Bertz CT molecular complexity index is 624. The fourth-order valence-electron chi connectivity index (χ4n) is 1.30. The van der Waals surface area contributed by atoms with Crippen LogP contribution >= 0.6 is 11.3 Å². The topological polar surface area (TPSA) is 94.1 Å². The average Bonchev–Trinajstić information content (AvgIpc) is 2.88. The number of ether oxygens (including phenoxy) is 1. The Kier molecular flexibility index (Phi) is 4.36. The van der Waals surface area contributed by atoms with Crippen LogP contribution in [0.4, 0.5) is 5.13 Å². The molecule has 0 radical (unpaired) electrons. The number of hydrogen-bond acceptors (Lipinski definition) is 7. The average molecular weight is 292 g/mol. The monoisotopic (exact) mass is 292 g/mol. The summed E-state index contributed by atoms with van der Waals surface area (Å²) in [6, 6.07) is 0. The van der Waals surface area contributed by atoms with Gasteiger partial charge in [-0.1, -0.05) is 0 Å². The predicted octanol–water partition coefficient (Wildman–Crippen LogP) is 1.67. The number of nitrogens with zero attached hydrogens (tertiary/aromatic N) is 3. The van der Waals surface area contributed by atoms with E-state index in [9.17, 15) is 9.59 Å². The van der Waals surface area contributed by atoms with E-state index in [2.05, 4.69) is 20.3 Å². The number of aryl methyl sites for hydroxylation is 1. The maximum atomic E-state index is 11.9. The van der Waals surface area contributed by atoms with Gasteiger partial charge in [-0.05, 0) is 13.8 Å². The minimum Gasteiger partial charge on any atom is -0.461 e. The summed E-state index contributed by atoms with van der Waals surface area (Å²) >= 11 is 1.14. The van der Waals surface area contributed by atoms with Crippen LogP contribution in [0.1, 0.15) is 33.6 Å². The largest absolute Gasteiger partial charge is 0.461 e. The second-order valence-electron chi connectivity index (χ2n) is 3.76. The van der Waals surface area contributed by atoms with Crippen LogP contribution in [0, 0.1) is 6.92 Å². The second kappa shape index (κ2) is 6.20. The normalized spacial score (nSPS) is 10.1. The number of amides is 1. The van der Waals surface area contributed by atoms with Crippen LogP contribution in [-0.2, 0) is 4.74 Å². The Labute approximate surface area is 119 Å². The minimum absolute atomic E-state index is 0.169. The summed E-state index contributed by atoms with van der Waals surface area (Å²) in [6.07, 6.45) is 2.88. The first-order valence-electron chi connectivity index (χ1n) is 5.82. The van der Waals surface area contributed by atoms with Crippen molar-refractivity contribution >= 4 is 28.3 Å². The summed E-state index contributed by atoms with van der Waals surface area (Å²) in [6.45, 7) is 3.77. The van der Waals surface area contributed by atoms with Gasteiger partial charge < -0.3 is 4.74 Å². The third-order valence-electron chi connectivity index (χ3n) is 2.22. The van der Waals surface area contributed by atoms with Crippen molar-refractivity contribution in [2.24, 2.45) is 0 Å². The highest BCUT2D eigenvalue weighted by Gasteiger charge is 2.14. The summed E-state index contributed by atoms with van der Waals surface area (Å²) in [5.41, 5.74) is 1.08. The lowest BCUT2D eigenvalue weighted by Gasteiger charge is -2.00. The molecule has 2 heterocycles. The maximum absolute atomic E-state index is 11.9. The zero-order valence-electron chi connectivity index (χ0n) is 10.9. The highest BCUT2D eigenvalue weighted by molar-refractivity contribution is 7.14. The fourth-order valence-corrected chi connectivity index (χ4v) is 1.98. The fraction of sp³-hybridized carbons (Fsp3) is 0.250. The molecule has 0 saturated heterocycles. The van der Waals surface area contributed by atoms with Crippen molar-refractivity contribution in [3.8, 4) is 0 Å².